The van der Waals surface area contributed by atoms with Crippen molar-refractivity contribution in [3.05, 3.63) is 54.2 Å². The minimum Gasteiger partial charge on any atom is -0.496 e. The fourth-order valence-electron chi connectivity index (χ4n) is 2.56. The Hall–Kier alpha value is -3.06. The van der Waals surface area contributed by atoms with Crippen LogP contribution in [0.5, 0.6) is 5.75 Å². The number of anilines is 2. The van der Waals surface area contributed by atoms with E-state index in [9.17, 15) is 4.79 Å². The van der Waals surface area contributed by atoms with Gasteiger partial charge in [-0.05, 0) is 36.5 Å². The van der Waals surface area contributed by atoms with Gasteiger partial charge in [-0.2, -0.15) is 0 Å². The van der Waals surface area contributed by atoms with Crippen molar-refractivity contribution in [3.8, 4) is 5.75 Å². The Labute approximate surface area is 150 Å². The highest BCUT2D eigenvalue weighted by Crippen LogP contribution is 2.35. The number of H-pyrrole nitrogens is 1. The van der Waals surface area contributed by atoms with Crippen LogP contribution in [0.25, 0.3) is 10.9 Å². The molecule has 1 heterocycles. The van der Waals surface area contributed by atoms with E-state index in [4.69, 9.17) is 21.7 Å². The molecule has 0 aliphatic carbocycles. The number of rotatable bonds is 4. The number of para-hydroxylation sites is 1. The molecule has 3 N–H and O–H groups in total. The molecule has 0 saturated carbocycles. The van der Waals surface area contributed by atoms with Crippen LogP contribution in [0.15, 0.2) is 48.5 Å². The maximum atomic E-state index is 12.1. The zero-order valence-corrected chi connectivity index (χ0v) is 14.6. The minimum atomic E-state index is -0.497. The van der Waals surface area contributed by atoms with Crippen LogP contribution in [0.3, 0.4) is 0 Å². The lowest BCUT2D eigenvalue weighted by molar-refractivity contribution is 0.0596. The van der Waals surface area contributed by atoms with Gasteiger partial charge in [-0.25, -0.2) is 4.79 Å². The smallest absolute Gasteiger partial charge is 0.356 e. The summed E-state index contributed by atoms with van der Waals surface area (Å²) >= 11 is 5.38. The Kier molecular flexibility index (Phi) is 4.85. The normalized spacial score (nSPS) is 10.3. The molecule has 0 unspecified atom stereocenters. The minimum absolute atomic E-state index is 0.277. The molecule has 0 spiro atoms. The molecule has 0 amide bonds. The zero-order valence-electron chi connectivity index (χ0n) is 13.8. The summed E-state index contributed by atoms with van der Waals surface area (Å²) in [5.74, 6) is 0.122. The number of esters is 1. The van der Waals surface area contributed by atoms with Gasteiger partial charge in [0, 0.05) is 5.69 Å². The largest absolute Gasteiger partial charge is 0.496 e. The molecule has 6 nitrogen and oxygen atoms in total. The lowest BCUT2D eigenvalue weighted by Crippen LogP contribution is -2.20. The van der Waals surface area contributed by atoms with E-state index in [1.807, 2.05) is 48.5 Å². The van der Waals surface area contributed by atoms with Crippen LogP contribution in [-0.4, -0.2) is 30.3 Å². The third-order valence-corrected chi connectivity index (χ3v) is 3.87. The van der Waals surface area contributed by atoms with E-state index in [-0.39, 0.29) is 5.69 Å². The summed E-state index contributed by atoms with van der Waals surface area (Å²) in [4.78, 5) is 15.2. The summed E-state index contributed by atoms with van der Waals surface area (Å²) in [5.41, 5.74) is 2.36. The number of ether oxygens (including phenoxy) is 2. The number of fused-ring (bicyclic) bond motifs is 1. The van der Waals surface area contributed by atoms with Crippen LogP contribution >= 0.6 is 12.2 Å². The molecule has 0 bridgehead atoms. The van der Waals surface area contributed by atoms with E-state index >= 15 is 0 Å². The monoisotopic (exact) mass is 355 g/mol. The first-order valence-electron chi connectivity index (χ1n) is 7.54. The number of hydrogen-bond acceptors (Lipinski definition) is 4. The van der Waals surface area contributed by atoms with Gasteiger partial charge >= 0.3 is 5.97 Å². The van der Waals surface area contributed by atoms with Gasteiger partial charge < -0.3 is 25.1 Å². The Morgan fingerprint density at radius 1 is 1.04 bits per heavy atom. The number of aromatic nitrogens is 1. The number of carbonyl (C=O) groups is 1. The Morgan fingerprint density at radius 2 is 1.80 bits per heavy atom. The van der Waals surface area contributed by atoms with E-state index in [2.05, 4.69) is 15.6 Å². The number of nitrogens with one attached hydrogen (secondary N) is 3. The van der Waals surface area contributed by atoms with Crippen LogP contribution in [0.2, 0.25) is 0 Å². The van der Waals surface area contributed by atoms with Gasteiger partial charge in [0.25, 0.3) is 0 Å². The maximum absolute atomic E-state index is 12.1. The molecule has 2 aromatic carbocycles. The fraction of sp³-hybridized carbons (Fsp3) is 0.111. The highest BCUT2D eigenvalue weighted by Gasteiger charge is 2.21. The first kappa shape index (κ1) is 16.8. The van der Waals surface area contributed by atoms with Crippen molar-refractivity contribution in [1.82, 2.24) is 4.98 Å². The van der Waals surface area contributed by atoms with E-state index in [1.54, 1.807) is 7.11 Å². The third-order valence-electron chi connectivity index (χ3n) is 3.67. The molecule has 0 atom stereocenters. The van der Waals surface area contributed by atoms with E-state index in [0.29, 0.717) is 16.5 Å². The molecule has 0 aliphatic rings. The number of methoxy groups -OCH3 is 2. The lowest BCUT2D eigenvalue weighted by Gasteiger charge is -2.12. The average Bonchev–Trinajstić information content (AvgIpc) is 3.00. The Bertz CT molecular complexity index is 922. The third kappa shape index (κ3) is 3.41. The van der Waals surface area contributed by atoms with Crippen LogP contribution in [0, 0.1) is 0 Å². The number of hydrogen-bond donors (Lipinski definition) is 3. The molecule has 1 aromatic heterocycles. The van der Waals surface area contributed by atoms with Gasteiger partial charge in [0.05, 0.1) is 30.8 Å². The predicted octanol–water partition coefficient (Wildman–Crippen LogP) is 3.77. The molecular weight excluding hydrogens is 338 g/mol. The number of aromatic amines is 1. The van der Waals surface area contributed by atoms with Crippen LogP contribution in [-0.2, 0) is 4.74 Å². The average molecular weight is 355 g/mol. The number of thiocarbonyl (C=S) groups is 1. The molecule has 3 aromatic rings. The van der Waals surface area contributed by atoms with Crippen molar-refractivity contribution in [2.24, 2.45) is 0 Å². The SMILES string of the molecule is COC(=O)c1[nH]c2cccc(OC)c2c1NC(=S)Nc1ccccc1. The summed E-state index contributed by atoms with van der Waals surface area (Å²) in [6.45, 7) is 0. The maximum Gasteiger partial charge on any atom is 0.356 e. The van der Waals surface area contributed by atoms with Crippen LogP contribution in [0.1, 0.15) is 10.5 Å². The summed E-state index contributed by atoms with van der Waals surface area (Å²) < 4.78 is 10.3. The van der Waals surface area contributed by atoms with Crippen LogP contribution < -0.4 is 15.4 Å². The van der Waals surface area contributed by atoms with Gasteiger partial charge in [-0.1, -0.05) is 24.3 Å². The second-order valence-electron chi connectivity index (χ2n) is 5.19. The molecule has 0 radical (unpaired) electrons. The lowest BCUT2D eigenvalue weighted by atomic mass is 10.2. The standard InChI is InChI=1S/C18H17N3O3S/c1-23-13-10-6-9-12-14(13)15(16(20-12)17(22)24-2)21-18(25)19-11-7-4-3-5-8-11/h3-10,20H,1-2H3,(H2,19,21,25). The van der Waals surface area contributed by atoms with Crippen molar-refractivity contribution in [2.75, 3.05) is 24.9 Å². The van der Waals surface area contributed by atoms with Gasteiger partial charge in [-0.3, -0.25) is 0 Å². The molecular formula is C18H17N3O3S. The van der Waals surface area contributed by atoms with Crippen molar-refractivity contribution in [2.45, 2.75) is 0 Å². The van der Waals surface area contributed by atoms with Crippen molar-refractivity contribution >= 4 is 45.6 Å². The highest BCUT2D eigenvalue weighted by molar-refractivity contribution is 7.80. The summed E-state index contributed by atoms with van der Waals surface area (Å²) in [6, 6.07) is 15.0. The van der Waals surface area contributed by atoms with Gasteiger partial charge in [0.2, 0.25) is 0 Å². The van der Waals surface area contributed by atoms with Crippen molar-refractivity contribution in [1.29, 1.82) is 0 Å². The first-order valence-corrected chi connectivity index (χ1v) is 7.95. The van der Waals surface area contributed by atoms with E-state index < -0.39 is 5.97 Å². The van der Waals surface area contributed by atoms with Gasteiger partial charge in [0.1, 0.15) is 11.4 Å². The molecule has 7 heteroatoms. The van der Waals surface area contributed by atoms with Gasteiger partial charge in [-0.15, -0.1) is 0 Å². The number of benzene rings is 2. The summed E-state index contributed by atoms with van der Waals surface area (Å²) in [6.07, 6.45) is 0. The molecule has 3 rings (SSSR count). The van der Waals surface area contributed by atoms with Crippen molar-refractivity contribution < 1.29 is 14.3 Å². The highest BCUT2D eigenvalue weighted by atomic mass is 32.1. The fourth-order valence-corrected chi connectivity index (χ4v) is 2.78. The van der Waals surface area contributed by atoms with Crippen LogP contribution in [0.4, 0.5) is 11.4 Å². The molecule has 0 fully saturated rings. The zero-order chi connectivity index (χ0) is 17.8. The van der Waals surface area contributed by atoms with Crippen molar-refractivity contribution in [3.63, 3.8) is 0 Å². The molecule has 25 heavy (non-hydrogen) atoms. The van der Waals surface area contributed by atoms with E-state index in [0.717, 1.165) is 16.6 Å². The van der Waals surface area contributed by atoms with E-state index in [1.165, 1.54) is 7.11 Å². The first-order chi connectivity index (χ1) is 12.1. The Morgan fingerprint density at radius 3 is 2.48 bits per heavy atom. The second kappa shape index (κ2) is 7.23. The van der Waals surface area contributed by atoms with Gasteiger partial charge in [0.15, 0.2) is 5.11 Å². The second-order valence-corrected chi connectivity index (χ2v) is 5.60. The molecule has 128 valence electrons. The molecule has 0 aliphatic heterocycles. The summed E-state index contributed by atoms with van der Waals surface area (Å²) in [5, 5.41) is 7.24. The topological polar surface area (TPSA) is 75.4 Å². The summed E-state index contributed by atoms with van der Waals surface area (Å²) in [7, 11) is 2.90. The predicted molar refractivity (Wildman–Crippen MR) is 102 cm³/mol. The molecule has 0 saturated heterocycles. The quantitative estimate of drug-likeness (QED) is 0.489. The number of carbonyl (C=O) groups excluding carboxylic acids is 1. The Balaban J connectivity index is 2.00.